The first kappa shape index (κ1) is 15.6. The number of halogens is 3. The van der Waals surface area contributed by atoms with Crippen LogP contribution in [0.4, 0.5) is 13.2 Å². The smallest absolute Gasteiger partial charge is 0.471 e. The van der Waals surface area contributed by atoms with E-state index in [0.717, 1.165) is 0 Å². The van der Waals surface area contributed by atoms with E-state index in [1.807, 2.05) is 0 Å². The molecule has 0 bridgehead atoms. The molecule has 0 radical (unpaired) electrons. The summed E-state index contributed by atoms with van der Waals surface area (Å²) in [5.74, 6) is -1.54. The number of ether oxygens (including phenoxy) is 1. The highest BCUT2D eigenvalue weighted by Crippen LogP contribution is 2.28. The van der Waals surface area contributed by atoms with Gasteiger partial charge in [0, 0.05) is 13.1 Å². The number of nitrogens with zero attached hydrogens (tertiary/aromatic N) is 1. The van der Waals surface area contributed by atoms with Crippen molar-refractivity contribution in [1.82, 2.24) is 4.90 Å². The van der Waals surface area contributed by atoms with Gasteiger partial charge in [0.1, 0.15) is 11.0 Å². The highest BCUT2D eigenvalue weighted by molar-refractivity contribution is 7.92. The molecule has 116 valence electrons. The Morgan fingerprint density at radius 1 is 1.24 bits per heavy atom. The molecule has 1 saturated heterocycles. The minimum absolute atomic E-state index is 0.00703. The Kier molecular flexibility index (Phi) is 3.87. The van der Waals surface area contributed by atoms with Crippen LogP contribution in [-0.4, -0.2) is 50.9 Å². The number of alkyl halides is 3. The summed E-state index contributed by atoms with van der Waals surface area (Å²) < 4.78 is 65.8. The van der Waals surface area contributed by atoms with Crippen LogP contribution in [0.5, 0.6) is 5.75 Å². The third kappa shape index (κ3) is 2.97. The summed E-state index contributed by atoms with van der Waals surface area (Å²) in [4.78, 5) is 11.4. The van der Waals surface area contributed by atoms with Crippen LogP contribution < -0.4 is 4.74 Å². The number of hydrogen-bond donors (Lipinski definition) is 0. The Balaban J connectivity index is 2.08. The first-order chi connectivity index (χ1) is 9.66. The standard InChI is InChI=1S/C12H12F3NO4S/c1-20-8-2-4-9(5-3-8)21(18,19)10-6-16(7-10)11(17)12(13,14)15/h2-5,10H,6-7H2,1H3. The van der Waals surface area contributed by atoms with Gasteiger partial charge in [-0.25, -0.2) is 8.42 Å². The molecule has 0 aliphatic carbocycles. The molecule has 0 unspecified atom stereocenters. The van der Waals surface area contributed by atoms with Crippen molar-refractivity contribution in [3.05, 3.63) is 24.3 Å². The molecule has 0 saturated carbocycles. The molecular weight excluding hydrogens is 311 g/mol. The number of carbonyl (C=O) groups excluding carboxylic acids is 1. The fourth-order valence-electron chi connectivity index (χ4n) is 1.94. The number of likely N-dealkylation sites (tertiary alicyclic amines) is 1. The Hall–Kier alpha value is -1.77. The Labute approximate surface area is 119 Å². The first-order valence-corrected chi connectivity index (χ1v) is 7.45. The average molecular weight is 323 g/mol. The third-order valence-electron chi connectivity index (χ3n) is 3.20. The maximum atomic E-state index is 12.2. The average Bonchev–Trinajstić information content (AvgIpc) is 2.35. The summed E-state index contributed by atoms with van der Waals surface area (Å²) in [5.41, 5.74) is 0. The van der Waals surface area contributed by atoms with Crippen LogP contribution in [0, 0.1) is 0 Å². The highest BCUT2D eigenvalue weighted by atomic mass is 32.2. The van der Waals surface area contributed by atoms with Gasteiger partial charge in [0.15, 0.2) is 9.84 Å². The zero-order valence-electron chi connectivity index (χ0n) is 10.9. The Morgan fingerprint density at radius 2 is 1.76 bits per heavy atom. The maximum Gasteiger partial charge on any atom is 0.471 e. The van der Waals surface area contributed by atoms with Crippen molar-refractivity contribution in [1.29, 1.82) is 0 Å². The Morgan fingerprint density at radius 3 is 2.19 bits per heavy atom. The second kappa shape index (κ2) is 5.21. The van der Waals surface area contributed by atoms with Crippen molar-refractivity contribution >= 4 is 15.7 Å². The Bertz CT molecular complexity index is 633. The molecular formula is C12H12F3NO4S. The monoisotopic (exact) mass is 323 g/mol. The van der Waals surface area contributed by atoms with Crippen molar-refractivity contribution in [2.24, 2.45) is 0 Å². The second-order valence-corrected chi connectivity index (χ2v) is 6.78. The van der Waals surface area contributed by atoms with E-state index in [9.17, 15) is 26.4 Å². The summed E-state index contributed by atoms with van der Waals surface area (Å²) >= 11 is 0. The zero-order chi connectivity index (χ0) is 15.8. The summed E-state index contributed by atoms with van der Waals surface area (Å²) in [6, 6.07) is 5.54. The van der Waals surface area contributed by atoms with E-state index in [1.165, 1.54) is 31.4 Å². The van der Waals surface area contributed by atoms with Gasteiger partial charge in [-0.15, -0.1) is 0 Å². The van der Waals surface area contributed by atoms with E-state index in [0.29, 0.717) is 10.6 Å². The van der Waals surface area contributed by atoms with Gasteiger partial charge >= 0.3 is 12.1 Å². The number of amides is 1. The van der Waals surface area contributed by atoms with Crippen LogP contribution in [0.1, 0.15) is 0 Å². The van der Waals surface area contributed by atoms with E-state index in [1.54, 1.807) is 0 Å². The number of methoxy groups -OCH3 is 1. The lowest BCUT2D eigenvalue weighted by atomic mass is 10.2. The molecule has 1 aromatic carbocycles. The van der Waals surface area contributed by atoms with Gasteiger partial charge in [-0.1, -0.05) is 0 Å². The lowest BCUT2D eigenvalue weighted by Gasteiger charge is -2.38. The molecule has 0 aromatic heterocycles. The van der Waals surface area contributed by atoms with Gasteiger partial charge in [0.05, 0.1) is 12.0 Å². The van der Waals surface area contributed by atoms with Crippen molar-refractivity contribution in [2.75, 3.05) is 20.2 Å². The largest absolute Gasteiger partial charge is 0.497 e. The SMILES string of the molecule is COc1ccc(S(=O)(=O)C2CN(C(=O)C(F)(F)F)C2)cc1. The fourth-order valence-corrected chi connectivity index (χ4v) is 3.59. The van der Waals surface area contributed by atoms with E-state index in [4.69, 9.17) is 4.74 Å². The van der Waals surface area contributed by atoms with E-state index in [2.05, 4.69) is 0 Å². The highest BCUT2D eigenvalue weighted by Gasteiger charge is 2.49. The maximum absolute atomic E-state index is 12.2. The first-order valence-electron chi connectivity index (χ1n) is 5.90. The topological polar surface area (TPSA) is 63.7 Å². The molecule has 1 fully saturated rings. The number of sulfone groups is 1. The van der Waals surface area contributed by atoms with Gasteiger partial charge in [-0.3, -0.25) is 4.79 Å². The van der Waals surface area contributed by atoms with Gasteiger partial charge in [-0.2, -0.15) is 13.2 Å². The summed E-state index contributed by atoms with van der Waals surface area (Å²) in [6.45, 7) is -0.903. The molecule has 5 nitrogen and oxygen atoms in total. The number of rotatable bonds is 3. The molecule has 1 amide bonds. The lowest BCUT2D eigenvalue weighted by molar-refractivity contribution is -0.188. The molecule has 1 aromatic rings. The zero-order valence-corrected chi connectivity index (χ0v) is 11.7. The summed E-state index contributed by atoms with van der Waals surface area (Å²) in [6.07, 6.45) is -4.98. The van der Waals surface area contributed by atoms with E-state index < -0.39 is 40.3 Å². The summed E-state index contributed by atoms with van der Waals surface area (Å²) in [7, 11) is -2.33. The van der Waals surface area contributed by atoms with Gasteiger partial charge < -0.3 is 9.64 Å². The van der Waals surface area contributed by atoms with Gasteiger partial charge in [0.25, 0.3) is 0 Å². The minimum Gasteiger partial charge on any atom is -0.497 e. The van der Waals surface area contributed by atoms with Crippen molar-refractivity contribution in [3.8, 4) is 5.75 Å². The van der Waals surface area contributed by atoms with Gasteiger partial charge in [-0.05, 0) is 24.3 Å². The third-order valence-corrected chi connectivity index (χ3v) is 5.31. The minimum atomic E-state index is -4.98. The van der Waals surface area contributed by atoms with Crippen LogP contribution in [0.15, 0.2) is 29.2 Å². The van der Waals surface area contributed by atoms with Crippen molar-refractivity contribution in [3.63, 3.8) is 0 Å². The molecule has 0 atom stereocenters. The van der Waals surface area contributed by atoms with Crippen LogP contribution in [0.3, 0.4) is 0 Å². The van der Waals surface area contributed by atoms with Crippen molar-refractivity contribution < 1.29 is 31.1 Å². The molecule has 0 spiro atoms. The molecule has 9 heteroatoms. The molecule has 1 aliphatic rings. The van der Waals surface area contributed by atoms with Crippen LogP contribution >= 0.6 is 0 Å². The van der Waals surface area contributed by atoms with Crippen LogP contribution in [0.25, 0.3) is 0 Å². The van der Waals surface area contributed by atoms with Crippen LogP contribution in [-0.2, 0) is 14.6 Å². The van der Waals surface area contributed by atoms with Crippen molar-refractivity contribution in [2.45, 2.75) is 16.3 Å². The van der Waals surface area contributed by atoms with Gasteiger partial charge in [0.2, 0.25) is 0 Å². The fraction of sp³-hybridized carbons (Fsp3) is 0.417. The summed E-state index contributed by atoms with van der Waals surface area (Å²) in [5, 5.41) is -1.02. The molecule has 0 N–H and O–H groups in total. The van der Waals surface area contributed by atoms with E-state index >= 15 is 0 Å². The number of hydrogen-bond acceptors (Lipinski definition) is 4. The predicted octanol–water partition coefficient (Wildman–Crippen LogP) is 1.24. The number of carbonyl (C=O) groups is 1. The van der Waals surface area contributed by atoms with Crippen LogP contribution in [0.2, 0.25) is 0 Å². The predicted molar refractivity (Wildman–Crippen MR) is 66.6 cm³/mol. The molecule has 1 heterocycles. The molecule has 2 rings (SSSR count). The molecule has 1 aliphatic heterocycles. The van der Waals surface area contributed by atoms with E-state index in [-0.39, 0.29) is 4.90 Å². The molecule has 21 heavy (non-hydrogen) atoms. The lowest BCUT2D eigenvalue weighted by Crippen LogP contribution is -2.59. The second-order valence-electron chi connectivity index (χ2n) is 4.55. The number of benzene rings is 1. The normalized spacial score (nSPS) is 16.5. The quantitative estimate of drug-likeness (QED) is 0.840.